The minimum absolute atomic E-state index is 0.0120. The molecular weight excluding hydrogens is 322 g/mol. The number of sulfonamides is 1. The maximum atomic E-state index is 12.2. The molecule has 0 bridgehead atoms. The molecule has 0 spiro atoms. The summed E-state index contributed by atoms with van der Waals surface area (Å²) in [5, 5.41) is 12.5. The van der Waals surface area contributed by atoms with Crippen LogP contribution in [0.4, 0.5) is 0 Å². The first kappa shape index (κ1) is 15.4. The van der Waals surface area contributed by atoms with Crippen LogP contribution < -0.4 is 4.72 Å². The normalized spacial score (nSPS) is 11.5. The van der Waals surface area contributed by atoms with E-state index in [0.717, 1.165) is 6.39 Å². The summed E-state index contributed by atoms with van der Waals surface area (Å²) in [6.45, 7) is 1.20. The van der Waals surface area contributed by atoms with E-state index in [-0.39, 0.29) is 33.4 Å². The van der Waals surface area contributed by atoms with Crippen molar-refractivity contribution >= 4 is 27.6 Å². The van der Waals surface area contributed by atoms with E-state index >= 15 is 0 Å². The number of hydrogen-bond acceptors (Lipinski definition) is 6. The molecule has 0 aliphatic heterocycles. The Bertz CT molecular complexity index is 773. The molecule has 1 heterocycles. The van der Waals surface area contributed by atoms with Crippen molar-refractivity contribution < 1.29 is 22.8 Å². The van der Waals surface area contributed by atoms with Crippen LogP contribution in [0.25, 0.3) is 0 Å². The van der Waals surface area contributed by atoms with Crippen molar-refractivity contribution in [3.63, 3.8) is 0 Å². The smallest absolute Gasteiger partial charge is 0.336 e. The number of hydrogen-bond donors (Lipinski definition) is 2. The lowest BCUT2D eigenvalue weighted by molar-refractivity contribution is 0.0696. The Morgan fingerprint density at radius 2 is 2.19 bits per heavy atom. The van der Waals surface area contributed by atoms with Crippen molar-refractivity contribution in [1.29, 1.82) is 0 Å². The van der Waals surface area contributed by atoms with E-state index in [1.807, 2.05) is 0 Å². The summed E-state index contributed by atoms with van der Waals surface area (Å²) in [5.74, 6) is -1.11. The second-order valence-corrected chi connectivity index (χ2v) is 6.23. The molecule has 2 N–H and O–H groups in total. The Hall–Kier alpha value is -1.97. The molecule has 0 saturated carbocycles. The topological polar surface area (TPSA) is 122 Å². The number of halogens is 1. The van der Waals surface area contributed by atoms with Gasteiger partial charge in [0.05, 0.1) is 17.0 Å². The maximum Gasteiger partial charge on any atom is 0.336 e. The Morgan fingerprint density at radius 3 is 2.76 bits per heavy atom. The second-order valence-electron chi connectivity index (χ2n) is 4.05. The summed E-state index contributed by atoms with van der Waals surface area (Å²) in [7, 11) is -3.96. The first-order valence-electron chi connectivity index (χ1n) is 5.59. The average molecular weight is 332 g/mol. The van der Waals surface area contributed by atoms with Gasteiger partial charge in [-0.25, -0.2) is 17.9 Å². The minimum atomic E-state index is -3.96. The van der Waals surface area contributed by atoms with Crippen LogP contribution in [0.15, 0.2) is 27.9 Å². The largest absolute Gasteiger partial charge is 0.478 e. The van der Waals surface area contributed by atoms with Gasteiger partial charge in [-0.1, -0.05) is 16.8 Å². The maximum absolute atomic E-state index is 12.2. The van der Waals surface area contributed by atoms with Crippen molar-refractivity contribution in [3.8, 4) is 0 Å². The van der Waals surface area contributed by atoms with Crippen LogP contribution in [0.5, 0.6) is 0 Å². The summed E-state index contributed by atoms with van der Waals surface area (Å²) in [6, 6.07) is 2.37. The number of nitrogens with one attached hydrogen (secondary N) is 1. The number of aromatic nitrogens is 2. The van der Waals surface area contributed by atoms with E-state index in [2.05, 4.69) is 19.4 Å². The summed E-state index contributed by atoms with van der Waals surface area (Å²) >= 11 is 5.78. The molecular formula is C11H10ClN3O5S. The van der Waals surface area contributed by atoms with Crippen LogP contribution in [-0.4, -0.2) is 29.6 Å². The lowest BCUT2D eigenvalue weighted by atomic mass is 10.1. The van der Waals surface area contributed by atoms with Gasteiger partial charge in [-0.2, -0.15) is 4.98 Å². The number of carboxylic acids is 1. The fourth-order valence-electron chi connectivity index (χ4n) is 1.66. The molecule has 0 atom stereocenters. The quantitative estimate of drug-likeness (QED) is 0.844. The SMILES string of the molecule is Cc1c(C(=O)O)cc(Cl)cc1S(=O)(=O)NCc1ncon1. The molecule has 0 radical (unpaired) electrons. The third kappa shape index (κ3) is 3.38. The van der Waals surface area contributed by atoms with Gasteiger partial charge in [-0.3, -0.25) is 0 Å². The van der Waals surface area contributed by atoms with E-state index in [9.17, 15) is 13.2 Å². The third-order valence-electron chi connectivity index (χ3n) is 2.67. The zero-order valence-corrected chi connectivity index (χ0v) is 12.3. The fourth-order valence-corrected chi connectivity index (χ4v) is 3.22. The van der Waals surface area contributed by atoms with Gasteiger partial charge in [-0.05, 0) is 24.6 Å². The third-order valence-corrected chi connectivity index (χ3v) is 4.42. The molecule has 0 unspecified atom stereocenters. The Balaban J connectivity index is 2.37. The van der Waals surface area contributed by atoms with Crippen LogP contribution in [-0.2, 0) is 16.6 Å². The van der Waals surface area contributed by atoms with Crippen LogP contribution in [0.3, 0.4) is 0 Å². The zero-order chi connectivity index (χ0) is 15.6. The number of carboxylic acid groups (broad SMARTS) is 1. The number of carbonyl (C=O) groups is 1. The summed E-state index contributed by atoms with van der Waals surface area (Å²) in [4.78, 5) is 14.6. The lowest BCUT2D eigenvalue weighted by Crippen LogP contribution is -2.25. The van der Waals surface area contributed by atoms with Gasteiger partial charge < -0.3 is 9.63 Å². The highest BCUT2D eigenvalue weighted by molar-refractivity contribution is 7.89. The molecule has 8 nitrogen and oxygen atoms in total. The second kappa shape index (κ2) is 5.80. The van der Waals surface area contributed by atoms with Gasteiger partial charge in [0.15, 0.2) is 5.82 Å². The van der Waals surface area contributed by atoms with Crippen LogP contribution in [0, 0.1) is 6.92 Å². The highest BCUT2D eigenvalue weighted by atomic mass is 35.5. The van der Waals surface area contributed by atoms with Crippen molar-refractivity contribution in [2.45, 2.75) is 18.4 Å². The Morgan fingerprint density at radius 1 is 1.48 bits per heavy atom. The number of nitrogens with zero attached hydrogens (tertiary/aromatic N) is 2. The molecule has 10 heteroatoms. The molecule has 21 heavy (non-hydrogen) atoms. The number of aromatic carboxylic acids is 1. The Kier molecular flexibility index (Phi) is 4.26. The van der Waals surface area contributed by atoms with E-state index in [4.69, 9.17) is 16.7 Å². The number of benzene rings is 1. The highest BCUT2D eigenvalue weighted by Crippen LogP contribution is 2.24. The minimum Gasteiger partial charge on any atom is -0.478 e. The van der Waals surface area contributed by atoms with E-state index in [1.165, 1.54) is 19.1 Å². The molecule has 0 saturated heterocycles. The van der Waals surface area contributed by atoms with Gasteiger partial charge in [-0.15, -0.1) is 0 Å². The lowest BCUT2D eigenvalue weighted by Gasteiger charge is -2.11. The van der Waals surface area contributed by atoms with Crippen LogP contribution in [0.1, 0.15) is 21.7 Å². The van der Waals surface area contributed by atoms with E-state index in [1.54, 1.807) is 0 Å². The van der Waals surface area contributed by atoms with E-state index in [0.29, 0.717) is 0 Å². The fraction of sp³-hybridized carbons (Fsp3) is 0.182. The van der Waals surface area contributed by atoms with Gasteiger partial charge >= 0.3 is 5.97 Å². The van der Waals surface area contributed by atoms with Crippen molar-refractivity contribution in [2.75, 3.05) is 0 Å². The van der Waals surface area contributed by atoms with Gasteiger partial charge in [0.2, 0.25) is 16.4 Å². The molecule has 0 amide bonds. The van der Waals surface area contributed by atoms with E-state index < -0.39 is 16.0 Å². The first-order chi connectivity index (χ1) is 9.81. The Labute approximate surface area is 124 Å². The summed E-state index contributed by atoms with van der Waals surface area (Å²) in [5.41, 5.74) is -0.0880. The van der Waals surface area contributed by atoms with Gasteiger partial charge in [0.25, 0.3) is 0 Å². The molecule has 1 aromatic carbocycles. The molecule has 1 aromatic heterocycles. The van der Waals surface area contributed by atoms with Gasteiger partial charge in [0, 0.05) is 5.02 Å². The molecule has 0 aliphatic carbocycles. The van der Waals surface area contributed by atoms with Crippen molar-refractivity contribution in [2.24, 2.45) is 0 Å². The van der Waals surface area contributed by atoms with Gasteiger partial charge in [0.1, 0.15) is 0 Å². The first-order valence-corrected chi connectivity index (χ1v) is 7.45. The molecule has 2 aromatic rings. The standard InChI is InChI=1S/C11H10ClN3O5S/c1-6-8(11(16)17)2-7(12)3-9(6)21(18,19)14-4-10-13-5-20-15-10/h2-3,5,14H,4H2,1H3,(H,16,17). The summed E-state index contributed by atoms with van der Waals surface area (Å²) in [6.07, 6.45) is 1.07. The van der Waals surface area contributed by atoms with Crippen LogP contribution in [0.2, 0.25) is 5.02 Å². The summed E-state index contributed by atoms with van der Waals surface area (Å²) < 4.78 is 31.2. The highest BCUT2D eigenvalue weighted by Gasteiger charge is 2.22. The predicted octanol–water partition coefficient (Wildman–Crippen LogP) is 1.21. The molecule has 0 aliphatic rings. The molecule has 0 fully saturated rings. The van der Waals surface area contributed by atoms with Crippen molar-refractivity contribution in [1.82, 2.24) is 14.9 Å². The predicted molar refractivity (Wildman–Crippen MR) is 71.5 cm³/mol. The molecule has 112 valence electrons. The number of rotatable bonds is 5. The monoisotopic (exact) mass is 331 g/mol. The van der Waals surface area contributed by atoms with Crippen LogP contribution >= 0.6 is 11.6 Å². The average Bonchev–Trinajstić information content (AvgIpc) is 2.91. The molecule has 2 rings (SSSR count). The zero-order valence-electron chi connectivity index (χ0n) is 10.7. The van der Waals surface area contributed by atoms with Crippen molar-refractivity contribution in [3.05, 3.63) is 40.5 Å².